The molecule has 1 aliphatic heterocycles. The number of carbonyl (C=O) groups is 1. The summed E-state index contributed by atoms with van der Waals surface area (Å²) in [5.41, 5.74) is 0.749. The van der Waals surface area contributed by atoms with Gasteiger partial charge in [-0.3, -0.25) is 10.1 Å². The second-order valence-electron chi connectivity index (χ2n) is 6.79. The minimum Gasteiger partial charge on any atom is -0.494 e. The van der Waals surface area contributed by atoms with Crippen LogP contribution in [0.2, 0.25) is 0 Å². The van der Waals surface area contributed by atoms with Crippen molar-refractivity contribution in [1.29, 1.82) is 0 Å². The van der Waals surface area contributed by atoms with Crippen molar-refractivity contribution in [1.82, 2.24) is 9.29 Å². The van der Waals surface area contributed by atoms with Crippen LogP contribution in [0.5, 0.6) is 5.75 Å². The summed E-state index contributed by atoms with van der Waals surface area (Å²) < 4.78 is 47.3. The summed E-state index contributed by atoms with van der Waals surface area (Å²) in [6.45, 7) is 3.14. The maximum Gasteiger partial charge on any atom is 0.257 e. The summed E-state index contributed by atoms with van der Waals surface area (Å²) in [7, 11) is -3.98. The number of aromatic nitrogens is 1. The lowest BCUT2D eigenvalue weighted by Crippen LogP contribution is -2.29. The zero-order chi connectivity index (χ0) is 21.3. The molecule has 0 atom stereocenters. The van der Waals surface area contributed by atoms with Crippen molar-refractivity contribution < 1.29 is 22.3 Å². The van der Waals surface area contributed by atoms with Gasteiger partial charge in [0.05, 0.1) is 16.8 Å². The molecule has 30 heavy (non-hydrogen) atoms. The van der Waals surface area contributed by atoms with E-state index in [1.807, 2.05) is 13.0 Å². The fourth-order valence-corrected chi connectivity index (χ4v) is 5.79. The van der Waals surface area contributed by atoms with Crippen LogP contribution < -0.4 is 10.1 Å². The van der Waals surface area contributed by atoms with Gasteiger partial charge in [0.1, 0.15) is 16.5 Å². The van der Waals surface area contributed by atoms with Gasteiger partial charge in [0.25, 0.3) is 5.91 Å². The van der Waals surface area contributed by atoms with Gasteiger partial charge in [0, 0.05) is 18.7 Å². The molecule has 1 N–H and O–H groups in total. The number of halogens is 1. The predicted molar refractivity (Wildman–Crippen MR) is 113 cm³/mol. The Balaban J connectivity index is 1.58. The summed E-state index contributed by atoms with van der Waals surface area (Å²) in [5, 5.41) is 3.02. The van der Waals surface area contributed by atoms with Gasteiger partial charge in [-0.05, 0) is 56.2 Å². The molecule has 1 fully saturated rings. The molecule has 0 radical (unpaired) electrons. The van der Waals surface area contributed by atoms with E-state index in [2.05, 4.69) is 10.3 Å². The number of thiazole rings is 1. The minimum atomic E-state index is -3.98. The maximum absolute atomic E-state index is 14.3. The van der Waals surface area contributed by atoms with Crippen molar-refractivity contribution in [2.45, 2.75) is 24.7 Å². The van der Waals surface area contributed by atoms with Crippen LogP contribution >= 0.6 is 11.3 Å². The highest BCUT2D eigenvalue weighted by molar-refractivity contribution is 7.89. The van der Waals surface area contributed by atoms with E-state index in [1.165, 1.54) is 21.7 Å². The van der Waals surface area contributed by atoms with E-state index in [4.69, 9.17) is 4.74 Å². The molecular formula is C20H20FN3O4S2. The molecule has 1 amide bonds. The lowest BCUT2D eigenvalue weighted by atomic mass is 10.2. The third-order valence-electron chi connectivity index (χ3n) is 4.77. The fraction of sp³-hybridized carbons (Fsp3) is 0.300. The highest BCUT2D eigenvalue weighted by Crippen LogP contribution is 2.30. The second-order valence-corrected chi connectivity index (χ2v) is 9.73. The molecule has 0 bridgehead atoms. The first-order valence-corrected chi connectivity index (χ1v) is 11.8. The molecule has 7 nitrogen and oxygen atoms in total. The molecule has 0 spiro atoms. The van der Waals surface area contributed by atoms with Crippen LogP contribution in [0.4, 0.5) is 9.52 Å². The predicted octanol–water partition coefficient (Wildman–Crippen LogP) is 3.87. The normalized spacial score (nSPS) is 14.9. The number of rotatable bonds is 6. The van der Waals surface area contributed by atoms with Gasteiger partial charge >= 0.3 is 0 Å². The van der Waals surface area contributed by atoms with Crippen LogP contribution in [0.1, 0.15) is 30.1 Å². The highest BCUT2D eigenvalue weighted by atomic mass is 32.2. The third kappa shape index (κ3) is 4.03. The Morgan fingerprint density at radius 3 is 2.73 bits per heavy atom. The van der Waals surface area contributed by atoms with Crippen molar-refractivity contribution in [2.75, 3.05) is 25.0 Å². The smallest absolute Gasteiger partial charge is 0.257 e. The number of sulfonamides is 1. The zero-order valence-electron chi connectivity index (χ0n) is 16.2. The molecule has 1 aromatic heterocycles. The molecule has 0 unspecified atom stereocenters. The lowest BCUT2D eigenvalue weighted by Gasteiger charge is -2.16. The number of hydrogen-bond acceptors (Lipinski definition) is 6. The number of anilines is 1. The van der Waals surface area contributed by atoms with Gasteiger partial charge in [0.15, 0.2) is 5.13 Å². The Morgan fingerprint density at radius 1 is 1.23 bits per heavy atom. The molecule has 3 aromatic rings. The van der Waals surface area contributed by atoms with E-state index >= 15 is 0 Å². The topological polar surface area (TPSA) is 88.6 Å². The Kier molecular flexibility index (Phi) is 5.72. The monoisotopic (exact) mass is 449 g/mol. The van der Waals surface area contributed by atoms with Crippen molar-refractivity contribution in [3.8, 4) is 5.75 Å². The van der Waals surface area contributed by atoms with Crippen LogP contribution in [0.25, 0.3) is 10.2 Å². The quantitative estimate of drug-likeness (QED) is 0.617. The molecule has 10 heteroatoms. The Morgan fingerprint density at radius 2 is 2.00 bits per heavy atom. The molecule has 0 saturated carbocycles. The largest absolute Gasteiger partial charge is 0.494 e. The van der Waals surface area contributed by atoms with E-state index < -0.39 is 26.6 Å². The fourth-order valence-electron chi connectivity index (χ4n) is 3.29. The van der Waals surface area contributed by atoms with Crippen LogP contribution in [0.15, 0.2) is 41.3 Å². The number of hydrogen-bond donors (Lipinski definition) is 1. The molecule has 2 aromatic carbocycles. The minimum absolute atomic E-state index is 0.0448. The van der Waals surface area contributed by atoms with Crippen molar-refractivity contribution in [3.63, 3.8) is 0 Å². The lowest BCUT2D eigenvalue weighted by molar-refractivity contribution is 0.102. The number of amides is 1. The summed E-state index contributed by atoms with van der Waals surface area (Å²) in [5.74, 6) is -0.722. The molecule has 158 valence electrons. The first-order chi connectivity index (χ1) is 14.4. The molecule has 1 saturated heterocycles. The number of nitrogens with one attached hydrogen (secondary N) is 1. The van der Waals surface area contributed by atoms with Crippen molar-refractivity contribution >= 4 is 42.6 Å². The van der Waals surface area contributed by atoms with Gasteiger partial charge in [0.2, 0.25) is 10.0 Å². The van der Waals surface area contributed by atoms with Crippen LogP contribution in [0, 0.1) is 5.82 Å². The van der Waals surface area contributed by atoms with Crippen molar-refractivity contribution in [3.05, 3.63) is 47.8 Å². The van der Waals surface area contributed by atoms with E-state index in [9.17, 15) is 17.6 Å². The molecule has 0 aliphatic carbocycles. The molecule has 2 heterocycles. The summed E-state index contributed by atoms with van der Waals surface area (Å²) in [6.07, 6.45) is 1.48. The number of ether oxygens (including phenoxy) is 1. The van der Waals surface area contributed by atoms with Crippen molar-refractivity contribution in [2.24, 2.45) is 0 Å². The van der Waals surface area contributed by atoms with E-state index in [0.717, 1.165) is 29.7 Å². The van der Waals surface area contributed by atoms with Crippen LogP contribution in [0.3, 0.4) is 0 Å². The summed E-state index contributed by atoms with van der Waals surface area (Å²) in [4.78, 5) is 16.6. The summed E-state index contributed by atoms with van der Waals surface area (Å²) in [6, 6.07) is 8.78. The highest BCUT2D eigenvalue weighted by Gasteiger charge is 2.30. The van der Waals surface area contributed by atoms with Gasteiger partial charge in [-0.1, -0.05) is 11.3 Å². The first-order valence-electron chi connectivity index (χ1n) is 9.53. The maximum atomic E-state index is 14.3. The summed E-state index contributed by atoms with van der Waals surface area (Å²) >= 11 is 1.27. The average Bonchev–Trinajstić information content (AvgIpc) is 3.38. The number of carbonyl (C=O) groups excluding carboxylic acids is 1. The average molecular weight is 450 g/mol. The van der Waals surface area contributed by atoms with E-state index in [0.29, 0.717) is 36.1 Å². The molecule has 4 rings (SSSR count). The van der Waals surface area contributed by atoms with E-state index in [-0.39, 0.29) is 5.56 Å². The third-order valence-corrected chi connectivity index (χ3v) is 7.61. The Bertz CT molecular complexity index is 1200. The molecule has 1 aliphatic rings. The van der Waals surface area contributed by atoms with E-state index in [1.54, 1.807) is 12.1 Å². The van der Waals surface area contributed by atoms with Gasteiger partial charge in [-0.15, -0.1) is 0 Å². The number of fused-ring (bicyclic) bond motifs is 1. The van der Waals surface area contributed by atoms with Gasteiger partial charge < -0.3 is 4.74 Å². The Labute approximate surface area is 177 Å². The standard InChI is InChI=1S/C20H20FN3O4S2/c1-2-28-14-6-8-16-17(12-14)29-20(22-16)23-19(25)13-5-7-15(21)18(11-13)30(26,27)24-9-3-4-10-24/h5-8,11-12H,2-4,9-10H2,1H3,(H,22,23,25). The zero-order valence-corrected chi connectivity index (χ0v) is 17.9. The Hall–Kier alpha value is -2.56. The first kappa shape index (κ1) is 20.7. The van der Waals surface area contributed by atoms with Gasteiger partial charge in [-0.2, -0.15) is 4.31 Å². The van der Waals surface area contributed by atoms with Crippen LogP contribution in [-0.4, -0.2) is 43.3 Å². The number of nitrogens with zero attached hydrogens (tertiary/aromatic N) is 2. The van der Waals surface area contributed by atoms with Crippen LogP contribution in [-0.2, 0) is 10.0 Å². The second kappa shape index (κ2) is 8.29. The number of benzene rings is 2. The van der Waals surface area contributed by atoms with Gasteiger partial charge in [-0.25, -0.2) is 17.8 Å². The SMILES string of the molecule is CCOc1ccc2nc(NC(=O)c3ccc(F)c(S(=O)(=O)N4CCCC4)c3)sc2c1. The molecular weight excluding hydrogens is 429 g/mol.